The van der Waals surface area contributed by atoms with Gasteiger partial charge in [0.05, 0.1) is 17.4 Å². The minimum absolute atomic E-state index is 0.0579. The van der Waals surface area contributed by atoms with Gasteiger partial charge in [-0.25, -0.2) is 8.42 Å². The molecule has 1 aromatic rings. The summed E-state index contributed by atoms with van der Waals surface area (Å²) in [6.45, 7) is 5.83. The van der Waals surface area contributed by atoms with Crippen LogP contribution in [0.15, 0.2) is 24.3 Å². The molecular formula is C34H52ClF3N4O4S. The number of carbonyl (C=O) groups excluding carboxylic acids is 1. The van der Waals surface area contributed by atoms with E-state index < -0.39 is 34.3 Å². The quantitative estimate of drug-likeness (QED) is 0.240. The standard InChI is InChI=1S/C34H52ClF3N4O4S/c1-33(2)20-25(15-18-46-33)30(24-9-12-26(35)13-10-24)31(39-17-5-16-34(36,37)38)32(43)41-29-8-3-6-23(29)11-14-28-21-40-27-7-4-19-47(44,45)42(28)22-27/h9-10,12-13,23,25,27-31,39-40H,3-8,11,14-22H2,1-2H3,(H,41,43). The van der Waals surface area contributed by atoms with Gasteiger partial charge in [-0.15, -0.1) is 0 Å². The summed E-state index contributed by atoms with van der Waals surface area (Å²) in [4.78, 5) is 14.3. The number of hydrogen-bond acceptors (Lipinski definition) is 6. The Hall–Kier alpha value is -1.44. The molecule has 4 fully saturated rings. The van der Waals surface area contributed by atoms with Crippen molar-refractivity contribution in [3.8, 4) is 0 Å². The highest BCUT2D eigenvalue weighted by Gasteiger charge is 2.43. The molecule has 47 heavy (non-hydrogen) atoms. The number of carbonyl (C=O) groups is 1. The summed E-state index contributed by atoms with van der Waals surface area (Å²) < 4.78 is 72.9. The predicted octanol–water partition coefficient (Wildman–Crippen LogP) is 5.76. The topological polar surface area (TPSA) is 99.8 Å². The lowest BCUT2D eigenvalue weighted by Gasteiger charge is -2.42. The lowest BCUT2D eigenvalue weighted by molar-refractivity contribution is -0.135. The van der Waals surface area contributed by atoms with E-state index in [4.69, 9.17) is 16.3 Å². The molecule has 3 aliphatic heterocycles. The van der Waals surface area contributed by atoms with Gasteiger partial charge < -0.3 is 20.7 Å². The van der Waals surface area contributed by atoms with Crippen LogP contribution in [0, 0.1) is 11.8 Å². The second-order valence-electron chi connectivity index (χ2n) is 14.8. The highest BCUT2D eigenvalue weighted by atomic mass is 35.5. The van der Waals surface area contributed by atoms with E-state index in [9.17, 15) is 26.4 Å². The Morgan fingerprint density at radius 2 is 1.89 bits per heavy atom. The molecule has 1 saturated carbocycles. The van der Waals surface area contributed by atoms with Crippen molar-refractivity contribution in [3.63, 3.8) is 0 Å². The number of hydrogen-bond donors (Lipinski definition) is 3. The molecule has 3 saturated heterocycles. The molecule has 266 valence electrons. The van der Waals surface area contributed by atoms with E-state index in [1.165, 1.54) is 0 Å². The molecule has 0 spiro atoms. The molecule has 8 unspecified atom stereocenters. The number of ether oxygens (including phenoxy) is 1. The number of alkyl halides is 3. The number of benzene rings is 1. The maximum atomic E-state index is 14.3. The number of amides is 1. The number of fused-ring (bicyclic) bond motifs is 2. The second kappa shape index (κ2) is 15.6. The summed E-state index contributed by atoms with van der Waals surface area (Å²) in [7, 11) is -3.28. The fourth-order valence-electron chi connectivity index (χ4n) is 8.43. The molecule has 3 heterocycles. The van der Waals surface area contributed by atoms with Gasteiger partial charge in [-0.2, -0.15) is 17.5 Å². The zero-order chi connectivity index (χ0) is 33.8. The summed E-state index contributed by atoms with van der Waals surface area (Å²) in [5.74, 6) is -0.0389. The first-order valence-corrected chi connectivity index (χ1v) is 19.4. The zero-order valence-corrected chi connectivity index (χ0v) is 29.2. The summed E-state index contributed by atoms with van der Waals surface area (Å²) in [6, 6.07) is 6.73. The van der Waals surface area contributed by atoms with Crippen LogP contribution in [0.1, 0.15) is 96.0 Å². The van der Waals surface area contributed by atoms with Crippen LogP contribution in [0.4, 0.5) is 13.2 Å². The average molecular weight is 705 g/mol. The van der Waals surface area contributed by atoms with Gasteiger partial charge in [-0.1, -0.05) is 30.2 Å². The Morgan fingerprint density at radius 3 is 2.62 bits per heavy atom. The summed E-state index contributed by atoms with van der Waals surface area (Å²) in [5.41, 5.74) is 0.529. The van der Waals surface area contributed by atoms with Gasteiger partial charge >= 0.3 is 6.18 Å². The molecule has 1 amide bonds. The van der Waals surface area contributed by atoms with Crippen molar-refractivity contribution in [3.05, 3.63) is 34.9 Å². The molecular weight excluding hydrogens is 653 g/mol. The summed E-state index contributed by atoms with van der Waals surface area (Å²) >= 11 is 6.24. The molecule has 0 aromatic heterocycles. The first-order valence-electron chi connectivity index (χ1n) is 17.4. The minimum atomic E-state index is -4.27. The molecule has 1 aromatic carbocycles. The third-order valence-corrected chi connectivity index (χ3v) is 13.0. The van der Waals surface area contributed by atoms with E-state index in [1.807, 2.05) is 26.0 Å². The van der Waals surface area contributed by atoms with Crippen LogP contribution in [0.3, 0.4) is 0 Å². The van der Waals surface area contributed by atoms with Crippen LogP contribution in [-0.4, -0.2) is 86.6 Å². The van der Waals surface area contributed by atoms with Crippen LogP contribution in [0.5, 0.6) is 0 Å². The zero-order valence-electron chi connectivity index (χ0n) is 27.7. The van der Waals surface area contributed by atoms with Crippen molar-refractivity contribution in [1.82, 2.24) is 20.3 Å². The second-order valence-corrected chi connectivity index (χ2v) is 17.2. The molecule has 4 aliphatic rings. The summed E-state index contributed by atoms with van der Waals surface area (Å²) in [6.07, 6.45) is 1.91. The lowest BCUT2D eigenvalue weighted by Crippen LogP contribution is -2.57. The molecule has 8 atom stereocenters. The Kier molecular flexibility index (Phi) is 12.2. The molecule has 0 radical (unpaired) electrons. The Bertz CT molecular complexity index is 1300. The third kappa shape index (κ3) is 10.1. The van der Waals surface area contributed by atoms with Crippen molar-refractivity contribution >= 4 is 27.5 Å². The van der Waals surface area contributed by atoms with E-state index in [-0.39, 0.29) is 60.5 Å². The SMILES string of the molecule is CC1(C)CC(C(c2ccc(Cl)cc2)C(NCCCC(F)(F)F)C(=O)NC2CCCC2CCC2CNC3CCCS(=O)(=O)N2C3)CCO1. The smallest absolute Gasteiger partial charge is 0.376 e. The van der Waals surface area contributed by atoms with E-state index in [2.05, 4.69) is 16.0 Å². The largest absolute Gasteiger partial charge is 0.389 e. The molecule has 1 aliphatic carbocycles. The lowest BCUT2D eigenvalue weighted by atomic mass is 9.73. The van der Waals surface area contributed by atoms with Crippen LogP contribution >= 0.6 is 11.6 Å². The van der Waals surface area contributed by atoms with Crippen LogP contribution in [0.25, 0.3) is 0 Å². The molecule has 5 rings (SSSR count). The Morgan fingerprint density at radius 1 is 1.13 bits per heavy atom. The highest BCUT2D eigenvalue weighted by Crippen LogP contribution is 2.41. The molecule has 13 heteroatoms. The van der Waals surface area contributed by atoms with Crippen molar-refractivity contribution in [2.24, 2.45) is 11.8 Å². The van der Waals surface area contributed by atoms with Crippen molar-refractivity contribution in [1.29, 1.82) is 0 Å². The number of piperazine rings is 1. The van der Waals surface area contributed by atoms with Gasteiger partial charge in [-0.05, 0) is 108 Å². The Balaban J connectivity index is 1.32. The van der Waals surface area contributed by atoms with Crippen molar-refractivity contribution < 1.29 is 31.1 Å². The normalized spacial score (nSPS) is 31.9. The van der Waals surface area contributed by atoms with E-state index in [0.717, 1.165) is 50.5 Å². The van der Waals surface area contributed by atoms with Crippen LogP contribution < -0.4 is 16.0 Å². The van der Waals surface area contributed by atoms with E-state index in [1.54, 1.807) is 16.4 Å². The summed E-state index contributed by atoms with van der Waals surface area (Å²) in [5, 5.41) is 10.7. The maximum absolute atomic E-state index is 14.3. The fourth-order valence-corrected chi connectivity index (χ4v) is 10.4. The van der Waals surface area contributed by atoms with Gasteiger partial charge in [-0.3, -0.25) is 4.79 Å². The van der Waals surface area contributed by atoms with Gasteiger partial charge in [0.2, 0.25) is 15.9 Å². The maximum Gasteiger partial charge on any atom is 0.389 e. The fraction of sp³-hybridized carbons (Fsp3) is 0.794. The third-order valence-electron chi connectivity index (χ3n) is 10.8. The number of nitrogens with zero attached hydrogens (tertiary/aromatic N) is 1. The molecule has 8 nitrogen and oxygen atoms in total. The van der Waals surface area contributed by atoms with Gasteiger partial charge in [0, 0.05) is 55.2 Å². The monoisotopic (exact) mass is 704 g/mol. The minimum Gasteiger partial charge on any atom is -0.376 e. The van der Waals surface area contributed by atoms with Gasteiger partial charge in [0.15, 0.2) is 0 Å². The first-order chi connectivity index (χ1) is 22.2. The number of rotatable bonds is 12. The number of nitrogens with one attached hydrogen (secondary N) is 3. The van der Waals surface area contributed by atoms with Gasteiger partial charge in [0.25, 0.3) is 0 Å². The van der Waals surface area contributed by atoms with Crippen LogP contribution in [-0.2, 0) is 19.6 Å². The predicted molar refractivity (Wildman–Crippen MR) is 178 cm³/mol. The van der Waals surface area contributed by atoms with Gasteiger partial charge in [0.1, 0.15) is 0 Å². The number of halogens is 4. The van der Waals surface area contributed by atoms with Crippen molar-refractivity contribution in [2.45, 2.75) is 126 Å². The van der Waals surface area contributed by atoms with E-state index in [0.29, 0.717) is 37.6 Å². The highest BCUT2D eigenvalue weighted by molar-refractivity contribution is 7.89. The van der Waals surface area contributed by atoms with E-state index >= 15 is 0 Å². The number of sulfonamides is 1. The van der Waals surface area contributed by atoms with Crippen LogP contribution in [0.2, 0.25) is 5.02 Å². The molecule has 3 N–H and O–H groups in total. The first kappa shape index (κ1) is 36.8. The van der Waals surface area contributed by atoms with Crippen molar-refractivity contribution in [2.75, 3.05) is 32.0 Å². The Labute approximate surface area is 283 Å². The molecule has 2 bridgehead atoms. The average Bonchev–Trinajstić information content (AvgIpc) is 3.39.